The molecule has 5 heteroatoms. The molecule has 0 saturated carbocycles. The first-order valence-electron chi connectivity index (χ1n) is 6.77. The average Bonchev–Trinajstić information content (AvgIpc) is 2.97. The molecule has 0 aliphatic heterocycles. The van der Waals surface area contributed by atoms with Crippen molar-refractivity contribution in [1.82, 2.24) is 19.5 Å². The van der Waals surface area contributed by atoms with Crippen LogP contribution in [0.5, 0.6) is 0 Å². The van der Waals surface area contributed by atoms with Crippen LogP contribution in [0.4, 0.5) is 0 Å². The van der Waals surface area contributed by atoms with Gasteiger partial charge in [-0.3, -0.25) is 0 Å². The van der Waals surface area contributed by atoms with Gasteiger partial charge in [-0.25, -0.2) is 15.0 Å². The van der Waals surface area contributed by atoms with Gasteiger partial charge in [0.05, 0.1) is 18.2 Å². The summed E-state index contributed by atoms with van der Waals surface area (Å²) in [5.74, 6) is 0.590. The van der Waals surface area contributed by atoms with E-state index in [1.54, 1.807) is 18.6 Å². The molecule has 106 valence electrons. The van der Waals surface area contributed by atoms with Crippen LogP contribution in [0.15, 0.2) is 48.9 Å². The van der Waals surface area contributed by atoms with E-state index in [0.717, 1.165) is 17.0 Å². The van der Waals surface area contributed by atoms with Crippen molar-refractivity contribution < 1.29 is 0 Å². The van der Waals surface area contributed by atoms with Crippen LogP contribution in [0.25, 0.3) is 22.8 Å². The van der Waals surface area contributed by atoms with E-state index in [4.69, 9.17) is 11.6 Å². The Hall–Kier alpha value is -2.20. The molecule has 0 unspecified atom stereocenters. The summed E-state index contributed by atoms with van der Waals surface area (Å²) in [5, 5.41) is 0.426. The van der Waals surface area contributed by atoms with Crippen molar-refractivity contribution in [3.8, 4) is 22.8 Å². The molecule has 0 aliphatic rings. The minimum absolute atomic E-state index is 0.283. The van der Waals surface area contributed by atoms with Crippen molar-refractivity contribution in [2.24, 2.45) is 0 Å². The van der Waals surface area contributed by atoms with E-state index in [2.05, 4.69) is 28.8 Å². The minimum Gasteiger partial charge on any atom is -0.325 e. The molecule has 3 aromatic rings. The second kappa shape index (κ2) is 5.66. The fourth-order valence-electron chi connectivity index (χ4n) is 2.18. The molecule has 0 N–H and O–H groups in total. The highest BCUT2D eigenvalue weighted by Gasteiger charge is 2.13. The van der Waals surface area contributed by atoms with E-state index in [-0.39, 0.29) is 6.04 Å². The lowest BCUT2D eigenvalue weighted by molar-refractivity contribution is 0.603. The minimum atomic E-state index is 0.283. The van der Waals surface area contributed by atoms with Crippen LogP contribution in [-0.4, -0.2) is 19.5 Å². The van der Waals surface area contributed by atoms with Gasteiger partial charge in [0, 0.05) is 17.7 Å². The number of nitrogens with zero attached hydrogens (tertiary/aromatic N) is 4. The average molecular weight is 299 g/mol. The van der Waals surface area contributed by atoms with Crippen LogP contribution in [0, 0.1) is 0 Å². The zero-order chi connectivity index (χ0) is 14.8. The molecule has 4 nitrogen and oxygen atoms in total. The first kappa shape index (κ1) is 13.8. The lowest BCUT2D eigenvalue weighted by Crippen LogP contribution is -2.03. The highest BCUT2D eigenvalue weighted by molar-refractivity contribution is 6.29. The molecule has 2 aromatic heterocycles. The Labute approximate surface area is 128 Å². The molecule has 21 heavy (non-hydrogen) atoms. The Balaban J connectivity index is 2.12. The van der Waals surface area contributed by atoms with E-state index in [1.165, 1.54) is 0 Å². The Bertz CT molecular complexity index is 750. The van der Waals surface area contributed by atoms with Crippen LogP contribution in [-0.2, 0) is 0 Å². The third-order valence-electron chi connectivity index (χ3n) is 3.22. The number of halogens is 1. The Morgan fingerprint density at radius 3 is 2.57 bits per heavy atom. The predicted octanol–water partition coefficient (Wildman–Crippen LogP) is 4.24. The zero-order valence-corrected chi connectivity index (χ0v) is 12.6. The normalized spacial score (nSPS) is 11.0. The summed E-state index contributed by atoms with van der Waals surface area (Å²) in [6.45, 7) is 4.18. The van der Waals surface area contributed by atoms with Gasteiger partial charge in [0.1, 0.15) is 10.8 Å². The quantitative estimate of drug-likeness (QED) is 0.679. The van der Waals surface area contributed by atoms with Gasteiger partial charge in [0.25, 0.3) is 0 Å². The first-order chi connectivity index (χ1) is 10.1. The Kier molecular flexibility index (Phi) is 3.71. The summed E-state index contributed by atoms with van der Waals surface area (Å²) in [4.78, 5) is 13.2. The van der Waals surface area contributed by atoms with Crippen molar-refractivity contribution in [3.63, 3.8) is 0 Å². The van der Waals surface area contributed by atoms with E-state index >= 15 is 0 Å². The van der Waals surface area contributed by atoms with E-state index in [1.807, 2.05) is 34.9 Å². The van der Waals surface area contributed by atoms with Gasteiger partial charge in [-0.2, -0.15) is 0 Å². The SMILES string of the molecule is CC(C)n1cncc1-c1nc(Cl)cc(-c2ccccc2)n1. The topological polar surface area (TPSA) is 43.6 Å². The molecule has 2 heterocycles. The summed E-state index contributed by atoms with van der Waals surface area (Å²) in [6.07, 6.45) is 3.55. The van der Waals surface area contributed by atoms with E-state index < -0.39 is 0 Å². The van der Waals surface area contributed by atoms with Crippen LogP contribution >= 0.6 is 11.6 Å². The van der Waals surface area contributed by atoms with Gasteiger partial charge in [0.15, 0.2) is 5.82 Å². The molecule has 0 fully saturated rings. The summed E-state index contributed by atoms with van der Waals surface area (Å²) in [6, 6.07) is 12.0. The molecule has 0 aliphatic carbocycles. The van der Waals surface area contributed by atoms with Crippen LogP contribution in [0.1, 0.15) is 19.9 Å². The summed E-state index contributed by atoms with van der Waals surface area (Å²) < 4.78 is 2.03. The van der Waals surface area contributed by atoms with Crippen molar-refractivity contribution in [1.29, 1.82) is 0 Å². The van der Waals surface area contributed by atoms with Crippen molar-refractivity contribution >= 4 is 11.6 Å². The maximum atomic E-state index is 6.17. The lowest BCUT2D eigenvalue weighted by Gasteiger charge is -2.11. The molecule has 0 amide bonds. The Morgan fingerprint density at radius 2 is 1.86 bits per heavy atom. The fourth-order valence-corrected chi connectivity index (χ4v) is 2.36. The Morgan fingerprint density at radius 1 is 1.10 bits per heavy atom. The number of hydrogen-bond donors (Lipinski definition) is 0. The maximum absolute atomic E-state index is 6.17. The third kappa shape index (κ3) is 2.81. The van der Waals surface area contributed by atoms with Gasteiger partial charge in [-0.1, -0.05) is 41.9 Å². The van der Waals surface area contributed by atoms with Crippen molar-refractivity contribution in [3.05, 3.63) is 54.1 Å². The highest BCUT2D eigenvalue weighted by atomic mass is 35.5. The molecule has 3 rings (SSSR count). The number of benzene rings is 1. The molecular formula is C16H15ClN4. The molecule has 1 aromatic carbocycles. The van der Waals surface area contributed by atoms with Gasteiger partial charge >= 0.3 is 0 Å². The van der Waals surface area contributed by atoms with Gasteiger partial charge < -0.3 is 4.57 Å². The molecular weight excluding hydrogens is 284 g/mol. The van der Waals surface area contributed by atoms with Crippen molar-refractivity contribution in [2.45, 2.75) is 19.9 Å². The van der Waals surface area contributed by atoms with Crippen LogP contribution in [0.3, 0.4) is 0 Å². The lowest BCUT2D eigenvalue weighted by atomic mass is 10.1. The number of hydrogen-bond acceptors (Lipinski definition) is 3. The maximum Gasteiger partial charge on any atom is 0.179 e. The predicted molar refractivity (Wildman–Crippen MR) is 84.1 cm³/mol. The van der Waals surface area contributed by atoms with Crippen molar-refractivity contribution in [2.75, 3.05) is 0 Å². The smallest absolute Gasteiger partial charge is 0.179 e. The first-order valence-corrected chi connectivity index (χ1v) is 7.15. The zero-order valence-electron chi connectivity index (χ0n) is 11.9. The van der Waals surface area contributed by atoms with E-state index in [9.17, 15) is 0 Å². The number of rotatable bonds is 3. The third-order valence-corrected chi connectivity index (χ3v) is 3.41. The van der Waals surface area contributed by atoms with E-state index in [0.29, 0.717) is 11.0 Å². The molecule has 0 atom stereocenters. The largest absolute Gasteiger partial charge is 0.325 e. The second-order valence-electron chi connectivity index (χ2n) is 5.05. The van der Waals surface area contributed by atoms with Gasteiger partial charge in [-0.05, 0) is 13.8 Å². The molecule has 0 bridgehead atoms. The second-order valence-corrected chi connectivity index (χ2v) is 5.43. The fraction of sp³-hybridized carbons (Fsp3) is 0.188. The summed E-state index contributed by atoms with van der Waals surface area (Å²) >= 11 is 6.17. The molecule has 0 saturated heterocycles. The summed E-state index contributed by atoms with van der Waals surface area (Å²) in [5.41, 5.74) is 2.69. The number of imidazole rings is 1. The van der Waals surface area contributed by atoms with Crippen LogP contribution < -0.4 is 0 Å². The molecule has 0 radical (unpaired) electrons. The van der Waals surface area contributed by atoms with Crippen LogP contribution in [0.2, 0.25) is 5.15 Å². The van der Waals surface area contributed by atoms with Gasteiger partial charge in [-0.15, -0.1) is 0 Å². The molecule has 0 spiro atoms. The number of aromatic nitrogens is 4. The van der Waals surface area contributed by atoms with Gasteiger partial charge in [0.2, 0.25) is 0 Å². The monoisotopic (exact) mass is 298 g/mol. The summed E-state index contributed by atoms with van der Waals surface area (Å²) in [7, 11) is 0. The highest BCUT2D eigenvalue weighted by Crippen LogP contribution is 2.25. The standard InChI is InChI=1S/C16H15ClN4/c1-11(2)21-10-18-9-14(21)16-19-13(8-15(17)20-16)12-6-4-3-5-7-12/h3-11H,1-2H3.